The van der Waals surface area contributed by atoms with Gasteiger partial charge in [0.1, 0.15) is 17.9 Å². The predicted octanol–water partition coefficient (Wildman–Crippen LogP) is 3.93. The zero-order valence-electron chi connectivity index (χ0n) is 22.7. The maximum absolute atomic E-state index is 13.9. The van der Waals surface area contributed by atoms with Crippen molar-refractivity contribution in [3.8, 4) is 11.5 Å². The summed E-state index contributed by atoms with van der Waals surface area (Å²) in [5, 5.41) is 6.88. The number of ether oxygens (including phenoxy) is 3. The van der Waals surface area contributed by atoms with Gasteiger partial charge in [0, 0.05) is 42.4 Å². The number of methoxy groups -OCH3 is 2. The number of rotatable bonds is 9. The summed E-state index contributed by atoms with van der Waals surface area (Å²) in [7, 11) is 3.04. The van der Waals surface area contributed by atoms with E-state index in [1.807, 2.05) is 0 Å². The van der Waals surface area contributed by atoms with E-state index in [0.717, 1.165) is 19.3 Å². The number of amides is 3. The number of nitrogens with zero attached hydrogens (tertiary/aromatic N) is 1. The third kappa shape index (κ3) is 5.09. The molecule has 1 aromatic heterocycles. The van der Waals surface area contributed by atoms with Crippen LogP contribution >= 0.6 is 11.6 Å². The molecule has 0 saturated heterocycles. The Bertz CT molecular complexity index is 1450. The van der Waals surface area contributed by atoms with Crippen molar-refractivity contribution >= 4 is 40.3 Å². The Balaban J connectivity index is 1.42. The number of carbonyl (C=O) groups excluding carboxylic acids is 3. The van der Waals surface area contributed by atoms with Gasteiger partial charge in [0.25, 0.3) is 11.8 Å². The fraction of sp³-hybridized carbons (Fsp3) is 0.414. The highest BCUT2D eigenvalue weighted by molar-refractivity contribution is 6.31. The van der Waals surface area contributed by atoms with Crippen LogP contribution in [0.2, 0.25) is 5.02 Å². The lowest BCUT2D eigenvalue weighted by molar-refractivity contribution is -0.133. The molecule has 1 aliphatic carbocycles. The maximum Gasteiger partial charge on any atom is 0.294 e. The Kier molecular flexibility index (Phi) is 7.91. The Morgan fingerprint density at radius 1 is 1.20 bits per heavy atom. The summed E-state index contributed by atoms with van der Waals surface area (Å²) in [4.78, 5) is 41.6. The van der Waals surface area contributed by atoms with E-state index < -0.39 is 17.4 Å². The van der Waals surface area contributed by atoms with E-state index in [-0.39, 0.29) is 49.8 Å². The summed E-state index contributed by atoms with van der Waals surface area (Å²) in [5.74, 6) is -0.414. The van der Waals surface area contributed by atoms with Crippen LogP contribution in [0.3, 0.4) is 0 Å². The first-order chi connectivity index (χ1) is 19.3. The minimum Gasteiger partial charge on any atom is -0.496 e. The second-order valence-electron chi connectivity index (χ2n) is 10.2. The molecule has 0 bridgehead atoms. The van der Waals surface area contributed by atoms with Crippen molar-refractivity contribution in [2.24, 2.45) is 0 Å². The summed E-state index contributed by atoms with van der Waals surface area (Å²) in [6.07, 6.45) is 3.06. The molecule has 40 heavy (non-hydrogen) atoms. The van der Waals surface area contributed by atoms with Crippen LogP contribution in [0.1, 0.15) is 52.7 Å². The molecule has 5 rings (SSSR count). The average Bonchev–Trinajstić information content (AvgIpc) is 3.25. The number of benzene rings is 2. The van der Waals surface area contributed by atoms with E-state index in [1.165, 1.54) is 19.1 Å². The SMILES string of the molecule is COCCN1C(=O)c2oc3cc(C(=O)NC4CCC4)ccc3c2OCC1(C)C(=O)NCc1c(Cl)cccc1OC. The van der Waals surface area contributed by atoms with E-state index in [1.54, 1.807) is 43.3 Å². The van der Waals surface area contributed by atoms with Gasteiger partial charge in [-0.15, -0.1) is 0 Å². The van der Waals surface area contributed by atoms with Gasteiger partial charge in [-0.3, -0.25) is 14.4 Å². The van der Waals surface area contributed by atoms with Gasteiger partial charge in [0.2, 0.25) is 11.7 Å². The number of hydrogen-bond donors (Lipinski definition) is 2. The molecular formula is C29H32ClN3O7. The molecule has 0 radical (unpaired) electrons. The normalized spacial score (nSPS) is 18.9. The van der Waals surface area contributed by atoms with Crippen molar-refractivity contribution in [3.05, 3.63) is 58.3 Å². The monoisotopic (exact) mass is 569 g/mol. The number of fused-ring (bicyclic) bond motifs is 3. The molecule has 0 spiro atoms. The van der Waals surface area contributed by atoms with Crippen LogP contribution in [0, 0.1) is 0 Å². The fourth-order valence-electron chi connectivity index (χ4n) is 4.94. The van der Waals surface area contributed by atoms with Crippen LogP contribution in [-0.2, 0) is 16.1 Å². The second kappa shape index (κ2) is 11.4. The Labute approximate surface area is 236 Å². The summed E-state index contributed by atoms with van der Waals surface area (Å²) in [6, 6.07) is 10.4. The zero-order chi connectivity index (χ0) is 28.4. The Hall–Kier alpha value is -3.76. The molecule has 2 aromatic carbocycles. The van der Waals surface area contributed by atoms with Gasteiger partial charge in [-0.05, 0) is 56.5 Å². The van der Waals surface area contributed by atoms with Crippen LogP contribution in [0.25, 0.3) is 11.0 Å². The highest BCUT2D eigenvalue weighted by atomic mass is 35.5. The third-order valence-electron chi connectivity index (χ3n) is 7.61. The van der Waals surface area contributed by atoms with Crippen molar-refractivity contribution in [2.75, 3.05) is 34.0 Å². The first-order valence-corrected chi connectivity index (χ1v) is 13.6. The molecule has 212 valence electrons. The van der Waals surface area contributed by atoms with Crippen LogP contribution in [0.5, 0.6) is 11.5 Å². The number of hydrogen-bond acceptors (Lipinski definition) is 7. The topological polar surface area (TPSA) is 119 Å². The fourth-order valence-corrected chi connectivity index (χ4v) is 5.17. The molecule has 2 N–H and O–H groups in total. The predicted molar refractivity (Wildman–Crippen MR) is 148 cm³/mol. The van der Waals surface area contributed by atoms with Gasteiger partial charge in [-0.1, -0.05) is 17.7 Å². The zero-order valence-corrected chi connectivity index (χ0v) is 23.4. The average molecular weight is 570 g/mol. The number of nitrogens with one attached hydrogen (secondary N) is 2. The van der Waals surface area contributed by atoms with Crippen molar-refractivity contribution in [3.63, 3.8) is 0 Å². The van der Waals surface area contributed by atoms with E-state index in [4.69, 9.17) is 30.2 Å². The Morgan fingerprint density at radius 3 is 2.70 bits per heavy atom. The minimum absolute atomic E-state index is 0.0352. The minimum atomic E-state index is -1.40. The lowest BCUT2D eigenvalue weighted by atomic mass is 9.93. The quantitative estimate of drug-likeness (QED) is 0.401. The van der Waals surface area contributed by atoms with Gasteiger partial charge in [-0.25, -0.2) is 0 Å². The largest absolute Gasteiger partial charge is 0.496 e. The number of halogens is 1. The molecule has 10 nitrogen and oxygen atoms in total. The van der Waals surface area contributed by atoms with Gasteiger partial charge in [-0.2, -0.15) is 0 Å². The smallest absolute Gasteiger partial charge is 0.294 e. The second-order valence-corrected chi connectivity index (χ2v) is 10.6. The third-order valence-corrected chi connectivity index (χ3v) is 7.96. The molecule has 2 heterocycles. The van der Waals surface area contributed by atoms with E-state index >= 15 is 0 Å². The summed E-state index contributed by atoms with van der Waals surface area (Å²) < 4.78 is 22.7. The van der Waals surface area contributed by atoms with Crippen LogP contribution in [0.15, 0.2) is 40.8 Å². The molecular weight excluding hydrogens is 538 g/mol. The molecule has 1 aliphatic heterocycles. The first-order valence-electron chi connectivity index (χ1n) is 13.2. The highest BCUT2D eigenvalue weighted by Gasteiger charge is 2.47. The summed E-state index contributed by atoms with van der Waals surface area (Å²) in [5.41, 5.74) is -0.0000481. The lowest BCUT2D eigenvalue weighted by Crippen LogP contribution is -2.61. The molecule has 3 aromatic rings. The Morgan fingerprint density at radius 2 is 2.00 bits per heavy atom. The van der Waals surface area contributed by atoms with Crippen molar-refractivity contribution in [1.82, 2.24) is 15.5 Å². The van der Waals surface area contributed by atoms with E-state index in [9.17, 15) is 14.4 Å². The van der Waals surface area contributed by atoms with E-state index in [0.29, 0.717) is 32.9 Å². The molecule has 1 fully saturated rings. The number of furan rings is 1. The van der Waals surface area contributed by atoms with Crippen molar-refractivity contribution in [1.29, 1.82) is 0 Å². The van der Waals surface area contributed by atoms with Crippen LogP contribution < -0.4 is 20.1 Å². The van der Waals surface area contributed by atoms with E-state index in [2.05, 4.69) is 10.6 Å². The molecule has 1 saturated carbocycles. The van der Waals surface area contributed by atoms with Gasteiger partial charge in [0.15, 0.2) is 11.3 Å². The molecule has 3 amide bonds. The lowest BCUT2D eigenvalue weighted by Gasteiger charge is -2.37. The van der Waals surface area contributed by atoms with Gasteiger partial charge < -0.3 is 34.2 Å². The maximum atomic E-state index is 13.9. The highest BCUT2D eigenvalue weighted by Crippen LogP contribution is 2.39. The molecule has 11 heteroatoms. The summed E-state index contributed by atoms with van der Waals surface area (Å²) in [6.45, 7) is 1.88. The van der Waals surface area contributed by atoms with Crippen LogP contribution in [0.4, 0.5) is 0 Å². The van der Waals surface area contributed by atoms with Crippen molar-refractivity contribution in [2.45, 2.75) is 44.3 Å². The van der Waals surface area contributed by atoms with Crippen molar-refractivity contribution < 1.29 is 33.0 Å². The molecule has 1 atom stereocenters. The molecule has 1 unspecified atom stereocenters. The van der Waals surface area contributed by atoms with Gasteiger partial charge in [0.05, 0.1) is 19.1 Å². The standard InChI is InChI=1S/C29H32ClN3O7/c1-29(28(36)31-15-20-21(30)8-5-9-22(20)38-3)16-39-24-19-11-10-17(26(34)32-18-6-4-7-18)14-23(19)40-25(24)27(35)33(29)12-13-37-2/h5,8-11,14,18H,4,6-7,12-13,15-16H2,1-3H3,(H,31,36)(H,32,34). The van der Waals surface area contributed by atoms with Crippen LogP contribution in [-0.4, -0.2) is 68.2 Å². The summed E-state index contributed by atoms with van der Waals surface area (Å²) >= 11 is 6.35. The molecule has 2 aliphatic rings. The van der Waals surface area contributed by atoms with Gasteiger partial charge >= 0.3 is 0 Å². The first kappa shape index (κ1) is 27.8. The number of carbonyl (C=O) groups is 3.